The van der Waals surface area contributed by atoms with Gasteiger partial charge in [-0.2, -0.15) is 0 Å². The molecule has 5 aromatic rings. The Morgan fingerprint density at radius 2 is 1.43 bits per heavy atom. The Balaban J connectivity index is 1.51. The summed E-state index contributed by atoms with van der Waals surface area (Å²) in [7, 11) is 4.55. The van der Waals surface area contributed by atoms with Crippen molar-refractivity contribution >= 4 is 40.3 Å². The number of nitrogens with one attached hydrogen (secondary N) is 2. The Kier molecular flexibility index (Phi) is 6.76. The zero-order valence-corrected chi connectivity index (χ0v) is 23.0. The SMILES string of the molecule is COc1cc(/C=C(/NC(=O)c2ccccc2)c2nc3c4c(ccc3[nH]2)C(=O)c2ccccc2C4=O)cc(OC)c1OC. The molecule has 4 aromatic carbocycles. The van der Waals surface area contributed by atoms with Crippen LogP contribution in [0.2, 0.25) is 0 Å². The first-order valence-electron chi connectivity index (χ1n) is 13.0. The van der Waals surface area contributed by atoms with E-state index >= 15 is 0 Å². The monoisotopic (exact) mass is 559 g/mol. The van der Waals surface area contributed by atoms with Crippen molar-refractivity contribution in [3.63, 3.8) is 0 Å². The molecule has 0 fully saturated rings. The van der Waals surface area contributed by atoms with Gasteiger partial charge in [0.1, 0.15) is 5.52 Å². The van der Waals surface area contributed by atoms with Gasteiger partial charge in [-0.3, -0.25) is 14.4 Å². The number of hydrogen-bond donors (Lipinski definition) is 2. The van der Waals surface area contributed by atoms with Crippen LogP contribution in [0.25, 0.3) is 22.8 Å². The van der Waals surface area contributed by atoms with Crippen LogP contribution in [-0.4, -0.2) is 48.8 Å². The molecule has 9 heteroatoms. The lowest BCUT2D eigenvalue weighted by atomic mass is 9.83. The van der Waals surface area contributed by atoms with Gasteiger partial charge in [0.15, 0.2) is 28.9 Å². The number of ether oxygens (including phenoxy) is 3. The van der Waals surface area contributed by atoms with Gasteiger partial charge in [0.2, 0.25) is 5.75 Å². The summed E-state index contributed by atoms with van der Waals surface area (Å²) in [6.45, 7) is 0. The summed E-state index contributed by atoms with van der Waals surface area (Å²) >= 11 is 0. The molecule has 0 unspecified atom stereocenters. The molecule has 208 valence electrons. The Bertz CT molecular complexity index is 1900. The number of methoxy groups -OCH3 is 3. The number of hydrogen-bond acceptors (Lipinski definition) is 7. The summed E-state index contributed by atoms with van der Waals surface area (Å²) in [6, 6.07) is 22.3. The highest BCUT2D eigenvalue weighted by Crippen LogP contribution is 2.39. The molecule has 1 aliphatic rings. The number of benzene rings is 4. The topological polar surface area (TPSA) is 120 Å². The van der Waals surface area contributed by atoms with E-state index in [1.165, 1.54) is 21.3 Å². The van der Waals surface area contributed by atoms with Gasteiger partial charge in [-0.15, -0.1) is 0 Å². The minimum absolute atomic E-state index is 0.222. The highest BCUT2D eigenvalue weighted by Gasteiger charge is 2.32. The summed E-state index contributed by atoms with van der Waals surface area (Å²) in [4.78, 5) is 48.1. The van der Waals surface area contributed by atoms with Crippen LogP contribution in [0.4, 0.5) is 0 Å². The predicted molar refractivity (Wildman–Crippen MR) is 157 cm³/mol. The fourth-order valence-electron chi connectivity index (χ4n) is 5.08. The fraction of sp³-hybridized carbons (Fsp3) is 0.0909. The molecule has 2 N–H and O–H groups in total. The highest BCUT2D eigenvalue weighted by molar-refractivity contribution is 6.31. The van der Waals surface area contributed by atoms with Crippen molar-refractivity contribution in [2.75, 3.05) is 21.3 Å². The Morgan fingerprint density at radius 1 is 0.786 bits per heavy atom. The average molecular weight is 560 g/mol. The van der Waals surface area contributed by atoms with Crippen LogP contribution in [0.5, 0.6) is 17.2 Å². The molecule has 9 nitrogen and oxygen atoms in total. The number of carbonyl (C=O) groups excluding carboxylic acids is 3. The van der Waals surface area contributed by atoms with Crippen LogP contribution in [-0.2, 0) is 0 Å². The van der Waals surface area contributed by atoms with Gasteiger partial charge in [-0.1, -0.05) is 42.5 Å². The molecular formula is C33H25N3O6. The molecule has 0 spiro atoms. The molecule has 0 radical (unpaired) electrons. The number of ketones is 2. The Labute approximate surface area is 240 Å². The molecule has 1 amide bonds. The van der Waals surface area contributed by atoms with Crippen LogP contribution in [0.1, 0.15) is 53.6 Å². The van der Waals surface area contributed by atoms with Gasteiger partial charge < -0.3 is 24.5 Å². The normalized spacial score (nSPS) is 12.5. The van der Waals surface area contributed by atoms with Crippen LogP contribution < -0.4 is 19.5 Å². The van der Waals surface area contributed by atoms with E-state index in [1.807, 2.05) is 6.07 Å². The third-order valence-corrected chi connectivity index (χ3v) is 7.08. The molecule has 0 bridgehead atoms. The van der Waals surface area contributed by atoms with E-state index in [9.17, 15) is 14.4 Å². The molecule has 6 rings (SSSR count). The van der Waals surface area contributed by atoms with Crippen LogP contribution in [0, 0.1) is 0 Å². The van der Waals surface area contributed by atoms with Crippen molar-refractivity contribution < 1.29 is 28.6 Å². The van der Waals surface area contributed by atoms with E-state index < -0.39 is 0 Å². The maximum Gasteiger partial charge on any atom is 0.255 e. The first-order chi connectivity index (χ1) is 20.4. The predicted octanol–water partition coefficient (Wildman–Crippen LogP) is 5.29. The second-order valence-corrected chi connectivity index (χ2v) is 9.51. The fourth-order valence-corrected chi connectivity index (χ4v) is 5.08. The Morgan fingerprint density at radius 3 is 2.07 bits per heavy atom. The second-order valence-electron chi connectivity index (χ2n) is 9.51. The van der Waals surface area contributed by atoms with Gasteiger partial charge in [0, 0.05) is 22.3 Å². The minimum atomic E-state index is -0.364. The summed E-state index contributed by atoms with van der Waals surface area (Å²) in [5.74, 6) is 0.680. The molecule has 0 aliphatic heterocycles. The van der Waals surface area contributed by atoms with E-state index in [0.717, 1.165) is 0 Å². The van der Waals surface area contributed by atoms with Gasteiger partial charge in [0.25, 0.3) is 5.91 Å². The standard InChI is InChI=1S/C33H25N3O6/c1-40-25-16-18(17-26(41-2)31(25)42-3)15-24(35-33(39)19-9-5-4-6-10-19)32-34-23-14-13-22-27(28(23)36-32)30(38)21-12-8-7-11-20(21)29(22)37/h4-17H,1-3H3,(H,34,36)(H,35,39)/b24-15+. The van der Waals surface area contributed by atoms with Crippen molar-refractivity contribution in [3.05, 3.63) is 118 Å². The molecule has 1 aliphatic carbocycles. The second kappa shape index (κ2) is 10.7. The number of rotatable bonds is 7. The molecule has 0 saturated heterocycles. The van der Waals surface area contributed by atoms with Crippen LogP contribution >= 0.6 is 0 Å². The van der Waals surface area contributed by atoms with Crippen molar-refractivity contribution in [1.29, 1.82) is 0 Å². The average Bonchev–Trinajstić information content (AvgIpc) is 3.47. The van der Waals surface area contributed by atoms with Gasteiger partial charge >= 0.3 is 0 Å². The minimum Gasteiger partial charge on any atom is -0.493 e. The van der Waals surface area contributed by atoms with E-state index in [0.29, 0.717) is 56.2 Å². The first-order valence-corrected chi connectivity index (χ1v) is 13.0. The first kappa shape index (κ1) is 26.5. The van der Waals surface area contributed by atoms with Crippen molar-refractivity contribution in [2.24, 2.45) is 0 Å². The number of H-pyrrole nitrogens is 1. The largest absolute Gasteiger partial charge is 0.493 e. The summed E-state index contributed by atoms with van der Waals surface area (Å²) in [5, 5.41) is 2.94. The van der Waals surface area contributed by atoms with E-state index in [2.05, 4.69) is 10.3 Å². The lowest BCUT2D eigenvalue weighted by molar-refractivity contribution is 0.0972. The number of carbonyl (C=O) groups is 3. The van der Waals surface area contributed by atoms with E-state index in [1.54, 1.807) is 78.9 Å². The van der Waals surface area contributed by atoms with E-state index in [-0.39, 0.29) is 34.4 Å². The number of nitrogens with zero attached hydrogens (tertiary/aromatic N) is 1. The van der Waals surface area contributed by atoms with Gasteiger partial charge in [0.05, 0.1) is 38.1 Å². The molecule has 1 aromatic heterocycles. The molecule has 0 atom stereocenters. The third-order valence-electron chi connectivity index (χ3n) is 7.08. The lowest BCUT2D eigenvalue weighted by Gasteiger charge is -2.17. The molecule has 42 heavy (non-hydrogen) atoms. The number of fused-ring (bicyclic) bond motifs is 4. The van der Waals surface area contributed by atoms with E-state index in [4.69, 9.17) is 19.2 Å². The van der Waals surface area contributed by atoms with Crippen molar-refractivity contribution in [3.8, 4) is 17.2 Å². The molecule has 0 saturated carbocycles. The number of amides is 1. The van der Waals surface area contributed by atoms with Gasteiger partial charge in [-0.05, 0) is 48.0 Å². The van der Waals surface area contributed by atoms with Crippen molar-refractivity contribution in [2.45, 2.75) is 0 Å². The number of aromatic nitrogens is 2. The van der Waals surface area contributed by atoms with Crippen LogP contribution in [0.3, 0.4) is 0 Å². The van der Waals surface area contributed by atoms with Crippen LogP contribution in [0.15, 0.2) is 78.9 Å². The van der Waals surface area contributed by atoms with Crippen molar-refractivity contribution in [1.82, 2.24) is 15.3 Å². The zero-order valence-electron chi connectivity index (χ0n) is 23.0. The summed E-state index contributed by atoms with van der Waals surface area (Å²) < 4.78 is 16.5. The number of aromatic amines is 1. The maximum absolute atomic E-state index is 13.6. The third kappa shape index (κ3) is 4.46. The summed E-state index contributed by atoms with van der Waals surface area (Å²) in [6.07, 6.45) is 1.71. The maximum atomic E-state index is 13.6. The Hall–Kier alpha value is -5.70. The smallest absolute Gasteiger partial charge is 0.255 e. The molecular weight excluding hydrogens is 534 g/mol. The zero-order chi connectivity index (χ0) is 29.4. The highest BCUT2D eigenvalue weighted by atomic mass is 16.5. The molecule has 1 heterocycles. The number of imidazole rings is 1. The lowest BCUT2D eigenvalue weighted by Crippen LogP contribution is -2.22. The quantitative estimate of drug-likeness (QED) is 0.273. The summed E-state index contributed by atoms with van der Waals surface area (Å²) in [5.41, 5.74) is 3.45. The van der Waals surface area contributed by atoms with Gasteiger partial charge in [-0.25, -0.2) is 4.98 Å².